The number of hydrogen-bond acceptors (Lipinski definition) is 3. The van der Waals surface area contributed by atoms with Crippen molar-refractivity contribution < 1.29 is 13.2 Å². The van der Waals surface area contributed by atoms with E-state index in [1.807, 2.05) is 25.1 Å². The number of amides is 2. The van der Waals surface area contributed by atoms with Gasteiger partial charge in [0.25, 0.3) is 10.0 Å². The van der Waals surface area contributed by atoms with Crippen LogP contribution in [0, 0.1) is 13.8 Å². The van der Waals surface area contributed by atoms with Gasteiger partial charge in [0.15, 0.2) is 0 Å². The Morgan fingerprint density at radius 2 is 1.79 bits per heavy atom. The minimum absolute atomic E-state index is 0.136. The second-order valence-electron chi connectivity index (χ2n) is 5.46. The largest absolute Gasteiger partial charge is 0.334 e. The molecule has 0 fully saturated rings. The van der Waals surface area contributed by atoms with Crippen molar-refractivity contribution >= 4 is 21.7 Å². The number of aryl methyl sites for hydroxylation is 3. The molecular formula is C17H21N3O3S. The van der Waals surface area contributed by atoms with Gasteiger partial charge in [-0.15, -0.1) is 4.83 Å². The molecule has 7 heteroatoms. The van der Waals surface area contributed by atoms with Gasteiger partial charge in [0, 0.05) is 5.69 Å². The Morgan fingerprint density at radius 1 is 1.08 bits per heavy atom. The lowest BCUT2D eigenvalue weighted by Crippen LogP contribution is -2.44. The van der Waals surface area contributed by atoms with Gasteiger partial charge in [-0.3, -0.25) is 5.43 Å². The Bertz CT molecular complexity index is 848. The highest BCUT2D eigenvalue weighted by Crippen LogP contribution is 2.17. The van der Waals surface area contributed by atoms with Gasteiger partial charge in [0.1, 0.15) is 0 Å². The van der Waals surface area contributed by atoms with Crippen LogP contribution < -0.4 is 15.6 Å². The summed E-state index contributed by atoms with van der Waals surface area (Å²) in [5.41, 5.74) is 5.21. The molecule has 0 heterocycles. The van der Waals surface area contributed by atoms with E-state index in [4.69, 9.17) is 0 Å². The van der Waals surface area contributed by atoms with Crippen LogP contribution in [0.15, 0.2) is 47.4 Å². The van der Waals surface area contributed by atoms with Crippen molar-refractivity contribution in [1.29, 1.82) is 0 Å². The molecule has 0 saturated carbocycles. The number of nitrogens with one attached hydrogen (secondary N) is 3. The average Bonchev–Trinajstić information content (AvgIpc) is 2.56. The number of carbonyl (C=O) groups is 1. The Hall–Kier alpha value is -2.38. The Morgan fingerprint density at radius 3 is 2.50 bits per heavy atom. The first-order valence-corrected chi connectivity index (χ1v) is 9.05. The van der Waals surface area contributed by atoms with E-state index in [-0.39, 0.29) is 4.90 Å². The Kier molecular flexibility index (Phi) is 5.58. The average molecular weight is 347 g/mol. The molecule has 3 N–H and O–H groups in total. The molecule has 2 amide bonds. The van der Waals surface area contributed by atoms with Gasteiger partial charge in [-0.1, -0.05) is 37.3 Å². The van der Waals surface area contributed by atoms with Crippen LogP contribution >= 0.6 is 0 Å². The van der Waals surface area contributed by atoms with Gasteiger partial charge in [-0.05, 0) is 49.1 Å². The molecule has 2 rings (SSSR count). The molecule has 0 saturated heterocycles. The predicted molar refractivity (Wildman–Crippen MR) is 94.2 cm³/mol. The summed E-state index contributed by atoms with van der Waals surface area (Å²) in [6, 6.07) is 11.8. The highest BCUT2D eigenvalue weighted by molar-refractivity contribution is 7.89. The number of carbonyl (C=O) groups excluding carboxylic acids is 1. The Labute approximate surface area is 142 Å². The number of benzene rings is 2. The minimum Gasteiger partial charge on any atom is -0.307 e. The molecule has 0 atom stereocenters. The predicted octanol–water partition coefficient (Wildman–Crippen LogP) is 2.88. The van der Waals surface area contributed by atoms with Gasteiger partial charge in [-0.25, -0.2) is 13.2 Å². The van der Waals surface area contributed by atoms with Crippen molar-refractivity contribution in [2.24, 2.45) is 0 Å². The van der Waals surface area contributed by atoms with Gasteiger partial charge in [-0.2, -0.15) is 0 Å². The van der Waals surface area contributed by atoms with E-state index < -0.39 is 16.1 Å². The molecule has 2 aromatic rings. The summed E-state index contributed by atoms with van der Waals surface area (Å²) < 4.78 is 24.7. The molecule has 24 heavy (non-hydrogen) atoms. The highest BCUT2D eigenvalue weighted by atomic mass is 32.2. The van der Waals surface area contributed by atoms with E-state index in [0.717, 1.165) is 17.5 Å². The fraction of sp³-hybridized carbons (Fsp3) is 0.235. The van der Waals surface area contributed by atoms with E-state index in [0.29, 0.717) is 11.3 Å². The van der Waals surface area contributed by atoms with E-state index in [1.54, 1.807) is 38.1 Å². The monoisotopic (exact) mass is 347 g/mol. The van der Waals surface area contributed by atoms with Crippen LogP contribution in [-0.4, -0.2) is 14.4 Å². The summed E-state index contributed by atoms with van der Waals surface area (Å²) in [5, 5.41) is 2.63. The molecule has 0 aliphatic rings. The molecule has 0 aliphatic heterocycles. The van der Waals surface area contributed by atoms with Crippen LogP contribution in [0.25, 0.3) is 0 Å². The zero-order valence-corrected chi connectivity index (χ0v) is 14.7. The standard InChI is InChI=1S/C17H21N3O3S/c1-4-14-7-5-6-8-15(14)18-17(21)19-20-24(22,23)16-11-12(2)9-10-13(16)3/h5-11,20H,4H2,1-3H3,(H2,18,19,21). The van der Waals surface area contributed by atoms with Gasteiger partial charge < -0.3 is 5.32 Å². The SMILES string of the molecule is CCc1ccccc1NC(=O)NNS(=O)(=O)c1cc(C)ccc1C. The number of hydrazine groups is 1. The molecule has 6 nitrogen and oxygen atoms in total. The first kappa shape index (κ1) is 18.0. The summed E-state index contributed by atoms with van der Waals surface area (Å²) in [7, 11) is -3.84. The van der Waals surface area contributed by atoms with Gasteiger partial charge >= 0.3 is 6.03 Å². The van der Waals surface area contributed by atoms with Crippen molar-refractivity contribution in [2.45, 2.75) is 32.1 Å². The molecule has 2 aromatic carbocycles. The lowest BCUT2D eigenvalue weighted by atomic mass is 10.1. The molecule has 0 unspecified atom stereocenters. The smallest absolute Gasteiger partial charge is 0.307 e. The second-order valence-corrected chi connectivity index (χ2v) is 7.12. The van der Waals surface area contributed by atoms with E-state index >= 15 is 0 Å². The third-order valence-corrected chi connectivity index (χ3v) is 4.97. The normalized spacial score (nSPS) is 11.1. The number of hydrogen-bond donors (Lipinski definition) is 3. The van der Waals surface area contributed by atoms with Crippen LogP contribution in [0.3, 0.4) is 0 Å². The molecule has 0 bridgehead atoms. The fourth-order valence-corrected chi connectivity index (χ4v) is 3.44. The molecule has 128 valence electrons. The van der Waals surface area contributed by atoms with Crippen molar-refractivity contribution in [1.82, 2.24) is 10.3 Å². The van der Waals surface area contributed by atoms with Crippen molar-refractivity contribution in [3.05, 3.63) is 59.2 Å². The zero-order chi connectivity index (χ0) is 17.7. The summed E-state index contributed by atoms with van der Waals surface area (Å²) in [5.74, 6) is 0. The lowest BCUT2D eigenvalue weighted by molar-refractivity contribution is 0.250. The molecular weight excluding hydrogens is 326 g/mol. The first-order chi connectivity index (χ1) is 11.3. The van der Waals surface area contributed by atoms with Gasteiger partial charge in [0.2, 0.25) is 0 Å². The zero-order valence-electron chi connectivity index (χ0n) is 13.9. The molecule has 0 aliphatic carbocycles. The van der Waals surface area contributed by atoms with Crippen molar-refractivity contribution in [3.63, 3.8) is 0 Å². The van der Waals surface area contributed by atoms with Crippen LogP contribution in [0.5, 0.6) is 0 Å². The number of rotatable bonds is 5. The molecule has 0 spiro atoms. The fourth-order valence-electron chi connectivity index (χ4n) is 2.27. The van der Waals surface area contributed by atoms with E-state index in [2.05, 4.69) is 15.6 Å². The van der Waals surface area contributed by atoms with Crippen molar-refractivity contribution in [2.75, 3.05) is 5.32 Å². The number of para-hydroxylation sites is 1. The topological polar surface area (TPSA) is 87.3 Å². The third kappa shape index (κ3) is 4.33. The summed E-state index contributed by atoms with van der Waals surface area (Å²) >= 11 is 0. The quantitative estimate of drug-likeness (QED) is 0.727. The van der Waals surface area contributed by atoms with E-state index in [1.165, 1.54) is 0 Å². The number of sulfonamides is 1. The molecule has 0 aromatic heterocycles. The van der Waals surface area contributed by atoms with Crippen LogP contribution in [0.4, 0.5) is 10.5 Å². The summed E-state index contributed by atoms with van der Waals surface area (Å²) in [6.07, 6.45) is 0.755. The van der Waals surface area contributed by atoms with Gasteiger partial charge in [0.05, 0.1) is 4.90 Å². The minimum atomic E-state index is -3.84. The molecule has 0 radical (unpaired) electrons. The maximum atomic E-state index is 12.3. The maximum Gasteiger partial charge on any atom is 0.334 e. The lowest BCUT2D eigenvalue weighted by Gasteiger charge is -2.13. The van der Waals surface area contributed by atoms with E-state index in [9.17, 15) is 13.2 Å². The van der Waals surface area contributed by atoms with Crippen LogP contribution in [0.2, 0.25) is 0 Å². The van der Waals surface area contributed by atoms with Crippen LogP contribution in [0.1, 0.15) is 23.6 Å². The Balaban J connectivity index is 2.06. The number of anilines is 1. The number of urea groups is 1. The maximum absolute atomic E-state index is 12.3. The third-order valence-electron chi connectivity index (χ3n) is 3.58. The summed E-state index contributed by atoms with van der Waals surface area (Å²) in [4.78, 5) is 14.2. The second kappa shape index (κ2) is 7.46. The first-order valence-electron chi connectivity index (χ1n) is 7.57. The summed E-state index contributed by atoms with van der Waals surface area (Å²) in [6.45, 7) is 5.48. The van der Waals surface area contributed by atoms with Crippen LogP contribution in [-0.2, 0) is 16.4 Å². The highest BCUT2D eigenvalue weighted by Gasteiger charge is 2.18. The van der Waals surface area contributed by atoms with Crippen molar-refractivity contribution in [3.8, 4) is 0 Å².